The van der Waals surface area contributed by atoms with Crippen molar-refractivity contribution < 1.29 is 13.9 Å². The Bertz CT molecular complexity index is 478. The molecular formula is C13H14Cl2FNO2. The summed E-state index contributed by atoms with van der Waals surface area (Å²) < 4.78 is 17.0. The molecule has 0 radical (unpaired) electrons. The van der Waals surface area contributed by atoms with Gasteiger partial charge in [-0.15, -0.1) is 23.2 Å². The van der Waals surface area contributed by atoms with Gasteiger partial charge in [0, 0.05) is 0 Å². The number of nitrogens with one attached hydrogen (secondary N) is 1. The third-order valence-corrected chi connectivity index (χ3v) is 4.33. The van der Waals surface area contributed by atoms with Crippen molar-refractivity contribution in [2.24, 2.45) is 5.41 Å². The standard InChI is InChI=1S/C13H14Cl2FNO2/c1-12(8-13(12,14)15)11(18)17-6-7-19-10-4-2-9(16)3-5-10/h2-5H,6-8H2,1H3,(H,17,18). The number of alkyl halides is 2. The molecule has 1 aliphatic rings. The number of carbonyl (C=O) groups excluding carboxylic acids is 1. The zero-order valence-electron chi connectivity index (χ0n) is 10.4. The maximum atomic E-state index is 12.7. The molecular weight excluding hydrogens is 292 g/mol. The summed E-state index contributed by atoms with van der Waals surface area (Å²) >= 11 is 11.8. The minimum Gasteiger partial charge on any atom is -0.492 e. The van der Waals surface area contributed by atoms with Gasteiger partial charge in [0.25, 0.3) is 0 Å². The molecule has 0 heterocycles. The minimum atomic E-state index is -0.963. The Morgan fingerprint density at radius 3 is 2.53 bits per heavy atom. The zero-order chi connectivity index (χ0) is 14.1. The third-order valence-electron chi connectivity index (χ3n) is 3.23. The molecule has 0 bridgehead atoms. The maximum absolute atomic E-state index is 12.7. The molecule has 1 aromatic carbocycles. The predicted octanol–water partition coefficient (Wildman–Crippen LogP) is 2.90. The largest absolute Gasteiger partial charge is 0.492 e. The first kappa shape index (κ1) is 14.4. The molecule has 6 heteroatoms. The average molecular weight is 306 g/mol. The smallest absolute Gasteiger partial charge is 0.229 e. The lowest BCUT2D eigenvalue weighted by Crippen LogP contribution is -2.35. The fourth-order valence-corrected chi connectivity index (χ4v) is 2.41. The van der Waals surface area contributed by atoms with Crippen LogP contribution in [0.5, 0.6) is 5.75 Å². The van der Waals surface area contributed by atoms with E-state index in [0.717, 1.165) is 0 Å². The lowest BCUT2D eigenvalue weighted by Gasteiger charge is -2.13. The highest BCUT2D eigenvalue weighted by Crippen LogP contribution is 2.63. The average Bonchev–Trinajstić information content (AvgIpc) is 2.87. The van der Waals surface area contributed by atoms with Crippen LogP contribution in [0.25, 0.3) is 0 Å². The highest BCUT2D eigenvalue weighted by atomic mass is 35.5. The second-order valence-electron chi connectivity index (χ2n) is 4.77. The highest BCUT2D eigenvalue weighted by Gasteiger charge is 2.67. The van der Waals surface area contributed by atoms with Crippen LogP contribution in [0.15, 0.2) is 24.3 Å². The van der Waals surface area contributed by atoms with Crippen molar-refractivity contribution in [3.8, 4) is 5.75 Å². The zero-order valence-corrected chi connectivity index (χ0v) is 11.9. The molecule has 1 fully saturated rings. The topological polar surface area (TPSA) is 38.3 Å². The van der Waals surface area contributed by atoms with Gasteiger partial charge in [0.1, 0.15) is 22.5 Å². The summed E-state index contributed by atoms with van der Waals surface area (Å²) in [6.45, 7) is 2.36. The number of rotatable bonds is 5. The summed E-state index contributed by atoms with van der Waals surface area (Å²) in [6.07, 6.45) is 0.452. The van der Waals surface area contributed by atoms with Gasteiger partial charge in [0.05, 0.1) is 12.0 Å². The van der Waals surface area contributed by atoms with Gasteiger partial charge in [-0.2, -0.15) is 0 Å². The van der Waals surface area contributed by atoms with Gasteiger partial charge in [0.15, 0.2) is 0 Å². The van der Waals surface area contributed by atoms with E-state index in [1.165, 1.54) is 24.3 Å². The van der Waals surface area contributed by atoms with Gasteiger partial charge in [-0.05, 0) is 37.6 Å². The second kappa shape index (κ2) is 5.17. The van der Waals surface area contributed by atoms with Crippen LogP contribution in [-0.2, 0) is 4.79 Å². The van der Waals surface area contributed by atoms with Gasteiger partial charge >= 0.3 is 0 Å². The van der Waals surface area contributed by atoms with E-state index in [-0.39, 0.29) is 11.7 Å². The van der Waals surface area contributed by atoms with Crippen molar-refractivity contribution >= 4 is 29.1 Å². The van der Waals surface area contributed by atoms with Crippen molar-refractivity contribution in [1.29, 1.82) is 0 Å². The van der Waals surface area contributed by atoms with E-state index < -0.39 is 9.75 Å². The first-order valence-electron chi connectivity index (χ1n) is 5.90. The number of amides is 1. The van der Waals surface area contributed by atoms with E-state index in [1.807, 2.05) is 0 Å². The molecule has 1 aliphatic carbocycles. The van der Waals surface area contributed by atoms with E-state index in [2.05, 4.69) is 5.32 Å². The normalized spacial score (nSPS) is 23.8. The molecule has 2 rings (SSSR count). The molecule has 19 heavy (non-hydrogen) atoms. The van der Waals surface area contributed by atoms with Gasteiger partial charge in [-0.25, -0.2) is 4.39 Å². The summed E-state index contributed by atoms with van der Waals surface area (Å²) in [6, 6.07) is 5.69. The molecule has 1 atom stereocenters. The fourth-order valence-electron chi connectivity index (χ4n) is 1.71. The van der Waals surface area contributed by atoms with Crippen LogP contribution in [0, 0.1) is 11.2 Å². The Balaban J connectivity index is 1.70. The summed E-state index contributed by atoms with van der Waals surface area (Å²) in [5.41, 5.74) is -0.716. The molecule has 1 aromatic rings. The van der Waals surface area contributed by atoms with E-state index in [9.17, 15) is 9.18 Å². The van der Waals surface area contributed by atoms with Crippen molar-refractivity contribution in [2.75, 3.05) is 13.2 Å². The monoisotopic (exact) mass is 305 g/mol. The summed E-state index contributed by atoms with van der Waals surface area (Å²) in [4.78, 5) is 11.8. The quantitative estimate of drug-likeness (QED) is 0.671. The van der Waals surface area contributed by atoms with E-state index in [0.29, 0.717) is 25.3 Å². The molecule has 1 amide bonds. The van der Waals surface area contributed by atoms with Crippen LogP contribution in [0.2, 0.25) is 0 Å². The lowest BCUT2D eigenvalue weighted by molar-refractivity contribution is -0.125. The first-order valence-corrected chi connectivity index (χ1v) is 6.65. The van der Waals surface area contributed by atoms with Crippen LogP contribution >= 0.6 is 23.2 Å². The van der Waals surface area contributed by atoms with Gasteiger partial charge < -0.3 is 10.1 Å². The molecule has 0 aliphatic heterocycles. The maximum Gasteiger partial charge on any atom is 0.229 e. The van der Waals surface area contributed by atoms with Gasteiger partial charge in [-0.1, -0.05) is 0 Å². The molecule has 0 spiro atoms. The molecule has 1 N–H and O–H groups in total. The van der Waals surface area contributed by atoms with Crippen LogP contribution in [0.4, 0.5) is 4.39 Å². The number of halogens is 3. The van der Waals surface area contributed by atoms with Crippen LogP contribution in [0.3, 0.4) is 0 Å². The second-order valence-corrected chi connectivity index (χ2v) is 6.26. The summed E-state index contributed by atoms with van der Waals surface area (Å²) in [5.74, 6) is 0.0559. The van der Waals surface area contributed by atoms with E-state index in [4.69, 9.17) is 27.9 Å². The van der Waals surface area contributed by atoms with E-state index >= 15 is 0 Å². The third kappa shape index (κ3) is 3.12. The first-order chi connectivity index (χ1) is 8.85. The predicted molar refractivity (Wildman–Crippen MR) is 72.1 cm³/mol. The van der Waals surface area contributed by atoms with Crippen molar-refractivity contribution in [2.45, 2.75) is 17.7 Å². The van der Waals surface area contributed by atoms with Crippen molar-refractivity contribution in [3.05, 3.63) is 30.1 Å². The molecule has 1 unspecified atom stereocenters. The van der Waals surface area contributed by atoms with Crippen LogP contribution < -0.4 is 10.1 Å². The number of hydrogen-bond acceptors (Lipinski definition) is 2. The molecule has 104 valence electrons. The number of carbonyl (C=O) groups is 1. The Labute approximate surface area is 121 Å². The summed E-state index contributed by atoms with van der Waals surface area (Å²) in [5, 5.41) is 2.72. The number of hydrogen-bond donors (Lipinski definition) is 1. The molecule has 0 aromatic heterocycles. The number of ether oxygens (including phenoxy) is 1. The Morgan fingerprint density at radius 2 is 2.00 bits per heavy atom. The van der Waals surface area contributed by atoms with E-state index in [1.54, 1.807) is 6.92 Å². The van der Waals surface area contributed by atoms with Crippen molar-refractivity contribution in [3.63, 3.8) is 0 Å². The van der Waals surface area contributed by atoms with Crippen LogP contribution in [0.1, 0.15) is 13.3 Å². The Hall–Kier alpha value is -1.00. The van der Waals surface area contributed by atoms with Crippen LogP contribution in [-0.4, -0.2) is 23.4 Å². The molecule has 1 saturated carbocycles. The number of benzene rings is 1. The highest BCUT2D eigenvalue weighted by molar-refractivity contribution is 6.53. The minimum absolute atomic E-state index is 0.180. The summed E-state index contributed by atoms with van der Waals surface area (Å²) in [7, 11) is 0. The Morgan fingerprint density at radius 1 is 1.42 bits per heavy atom. The Kier molecular flexibility index (Phi) is 3.92. The van der Waals surface area contributed by atoms with Gasteiger partial charge in [-0.3, -0.25) is 4.79 Å². The molecule has 3 nitrogen and oxygen atoms in total. The fraction of sp³-hybridized carbons (Fsp3) is 0.462. The van der Waals surface area contributed by atoms with Crippen molar-refractivity contribution in [1.82, 2.24) is 5.32 Å². The van der Waals surface area contributed by atoms with Gasteiger partial charge in [0.2, 0.25) is 5.91 Å². The molecule has 0 saturated heterocycles. The lowest BCUT2D eigenvalue weighted by atomic mass is 10.1. The SMILES string of the molecule is CC1(C(=O)NCCOc2ccc(F)cc2)CC1(Cl)Cl.